The maximum Gasteiger partial charge on any atom is 0.129 e. The first-order valence-corrected chi connectivity index (χ1v) is 8.40. The second-order valence-electron chi connectivity index (χ2n) is 6.22. The van der Waals surface area contributed by atoms with E-state index in [1.807, 2.05) is 30.3 Å². The molecule has 5 nitrogen and oxygen atoms in total. The summed E-state index contributed by atoms with van der Waals surface area (Å²) in [5, 5.41) is 10.3. The fourth-order valence-corrected chi connectivity index (χ4v) is 2.85. The molecule has 0 aliphatic heterocycles. The van der Waals surface area contributed by atoms with Crippen LogP contribution in [0.3, 0.4) is 0 Å². The Morgan fingerprint density at radius 3 is 2.79 bits per heavy atom. The molecule has 0 saturated heterocycles. The molecule has 3 rings (SSSR count). The normalized spacial score (nSPS) is 15.6. The summed E-state index contributed by atoms with van der Waals surface area (Å²) in [4.78, 5) is 2.32. The number of methoxy groups -OCH3 is 1. The Morgan fingerprint density at radius 1 is 1.25 bits per heavy atom. The largest absolute Gasteiger partial charge is 0.496 e. The van der Waals surface area contributed by atoms with Crippen molar-refractivity contribution in [3.05, 3.63) is 54.0 Å². The Bertz CT molecular complexity index is 610. The predicted molar refractivity (Wildman–Crippen MR) is 90.8 cm³/mol. The fourth-order valence-electron chi connectivity index (χ4n) is 2.85. The molecule has 1 aromatic carbocycles. The van der Waals surface area contributed by atoms with Crippen LogP contribution < -0.4 is 4.74 Å². The highest BCUT2D eigenvalue weighted by atomic mass is 16.5. The Kier molecular flexibility index (Phi) is 5.91. The number of furan rings is 1. The zero-order chi connectivity index (χ0) is 16.8. The Balaban J connectivity index is 1.50. The van der Waals surface area contributed by atoms with E-state index in [4.69, 9.17) is 13.9 Å². The zero-order valence-corrected chi connectivity index (χ0v) is 14.1. The van der Waals surface area contributed by atoms with Crippen molar-refractivity contribution in [3.63, 3.8) is 0 Å². The molecule has 0 unspecified atom stereocenters. The van der Waals surface area contributed by atoms with Crippen LogP contribution in [-0.4, -0.2) is 42.4 Å². The lowest BCUT2D eigenvalue weighted by atomic mass is 10.1. The SMILES string of the molecule is COc1ccccc1CN(C[C@H](O)COCc1ccco1)C1CC1. The number of aliphatic hydroxyl groups excluding tert-OH is 1. The first kappa shape index (κ1) is 17.0. The van der Waals surface area contributed by atoms with E-state index in [-0.39, 0.29) is 0 Å². The highest BCUT2D eigenvalue weighted by molar-refractivity contribution is 5.33. The minimum atomic E-state index is -0.518. The average molecular weight is 331 g/mol. The molecule has 1 aromatic heterocycles. The van der Waals surface area contributed by atoms with Gasteiger partial charge in [0.05, 0.1) is 26.1 Å². The molecule has 1 atom stereocenters. The predicted octanol–water partition coefficient (Wildman–Crippen LogP) is 2.83. The van der Waals surface area contributed by atoms with Gasteiger partial charge in [0, 0.05) is 24.7 Å². The van der Waals surface area contributed by atoms with Crippen LogP contribution in [0.2, 0.25) is 0 Å². The van der Waals surface area contributed by atoms with Crippen molar-refractivity contribution in [2.75, 3.05) is 20.3 Å². The van der Waals surface area contributed by atoms with Crippen LogP contribution in [0.4, 0.5) is 0 Å². The maximum atomic E-state index is 10.3. The highest BCUT2D eigenvalue weighted by Crippen LogP contribution is 2.30. The van der Waals surface area contributed by atoms with E-state index >= 15 is 0 Å². The van der Waals surface area contributed by atoms with Crippen LogP contribution in [0, 0.1) is 0 Å². The van der Waals surface area contributed by atoms with Gasteiger partial charge in [0.25, 0.3) is 0 Å². The highest BCUT2D eigenvalue weighted by Gasteiger charge is 2.30. The van der Waals surface area contributed by atoms with Crippen LogP contribution in [0.15, 0.2) is 47.1 Å². The summed E-state index contributed by atoms with van der Waals surface area (Å²) in [6.45, 7) is 2.07. The van der Waals surface area contributed by atoms with Gasteiger partial charge in [-0.2, -0.15) is 0 Å². The monoisotopic (exact) mass is 331 g/mol. The maximum absolute atomic E-state index is 10.3. The van der Waals surface area contributed by atoms with Crippen LogP contribution in [0.5, 0.6) is 5.75 Å². The van der Waals surface area contributed by atoms with Crippen LogP contribution in [-0.2, 0) is 17.9 Å². The number of hydrogen-bond acceptors (Lipinski definition) is 5. The average Bonchev–Trinajstić information content (AvgIpc) is 3.32. The summed E-state index contributed by atoms with van der Waals surface area (Å²) < 4.78 is 16.2. The molecule has 0 radical (unpaired) electrons. The lowest BCUT2D eigenvalue weighted by Gasteiger charge is -2.25. The summed E-state index contributed by atoms with van der Waals surface area (Å²) >= 11 is 0. The summed E-state index contributed by atoms with van der Waals surface area (Å²) in [6, 6.07) is 12.3. The molecule has 24 heavy (non-hydrogen) atoms. The second-order valence-corrected chi connectivity index (χ2v) is 6.22. The van der Waals surface area contributed by atoms with Gasteiger partial charge in [-0.3, -0.25) is 4.90 Å². The van der Waals surface area contributed by atoms with Crippen molar-refractivity contribution >= 4 is 0 Å². The van der Waals surface area contributed by atoms with Gasteiger partial charge in [0.1, 0.15) is 18.1 Å². The molecule has 130 valence electrons. The van der Waals surface area contributed by atoms with Crippen molar-refractivity contribution in [2.45, 2.75) is 38.1 Å². The molecular weight excluding hydrogens is 306 g/mol. The third kappa shape index (κ3) is 4.84. The van der Waals surface area contributed by atoms with E-state index in [0.29, 0.717) is 25.8 Å². The molecule has 1 N–H and O–H groups in total. The van der Waals surface area contributed by atoms with Crippen LogP contribution in [0.25, 0.3) is 0 Å². The van der Waals surface area contributed by atoms with Crippen molar-refractivity contribution in [3.8, 4) is 5.75 Å². The molecule has 1 fully saturated rings. The summed E-state index contributed by atoms with van der Waals surface area (Å²) in [5.41, 5.74) is 1.15. The van der Waals surface area contributed by atoms with Gasteiger partial charge in [-0.1, -0.05) is 18.2 Å². The number of aliphatic hydroxyl groups is 1. The molecule has 1 aliphatic carbocycles. The van der Waals surface area contributed by atoms with Crippen molar-refractivity contribution in [1.82, 2.24) is 4.90 Å². The van der Waals surface area contributed by atoms with Gasteiger partial charge in [0.15, 0.2) is 0 Å². The first-order chi connectivity index (χ1) is 11.8. The van der Waals surface area contributed by atoms with Crippen molar-refractivity contribution in [2.24, 2.45) is 0 Å². The fraction of sp³-hybridized carbons (Fsp3) is 0.474. The molecule has 5 heteroatoms. The minimum absolute atomic E-state index is 0.301. The van der Waals surface area contributed by atoms with Crippen molar-refractivity contribution in [1.29, 1.82) is 0 Å². The van der Waals surface area contributed by atoms with Crippen LogP contribution >= 0.6 is 0 Å². The van der Waals surface area contributed by atoms with E-state index in [1.165, 1.54) is 12.8 Å². The minimum Gasteiger partial charge on any atom is -0.496 e. The molecule has 1 heterocycles. The smallest absolute Gasteiger partial charge is 0.129 e. The van der Waals surface area contributed by atoms with E-state index in [2.05, 4.69) is 11.0 Å². The molecule has 0 spiro atoms. The lowest BCUT2D eigenvalue weighted by molar-refractivity contribution is 0.00237. The molecular formula is C19H25NO4. The third-order valence-corrected chi connectivity index (χ3v) is 4.21. The van der Waals surface area contributed by atoms with Gasteiger partial charge in [-0.05, 0) is 31.0 Å². The summed E-state index contributed by atoms with van der Waals surface area (Å²) in [5.74, 6) is 1.67. The molecule has 2 aromatic rings. The lowest BCUT2D eigenvalue weighted by Crippen LogP contribution is -2.36. The molecule has 1 aliphatic rings. The molecule has 1 saturated carbocycles. The Hall–Kier alpha value is -1.82. The van der Waals surface area contributed by atoms with Gasteiger partial charge < -0.3 is 19.0 Å². The first-order valence-electron chi connectivity index (χ1n) is 8.40. The van der Waals surface area contributed by atoms with E-state index in [0.717, 1.165) is 23.6 Å². The van der Waals surface area contributed by atoms with Gasteiger partial charge in [-0.15, -0.1) is 0 Å². The van der Waals surface area contributed by atoms with Crippen molar-refractivity contribution < 1.29 is 19.0 Å². The van der Waals surface area contributed by atoms with Gasteiger partial charge in [-0.25, -0.2) is 0 Å². The van der Waals surface area contributed by atoms with Gasteiger partial charge in [0.2, 0.25) is 0 Å². The summed E-state index contributed by atoms with van der Waals surface area (Å²) in [7, 11) is 1.69. The third-order valence-electron chi connectivity index (χ3n) is 4.21. The number of para-hydroxylation sites is 1. The number of rotatable bonds is 10. The Labute approximate surface area is 142 Å². The number of benzene rings is 1. The topological polar surface area (TPSA) is 55.1 Å². The van der Waals surface area contributed by atoms with E-state index in [1.54, 1.807) is 13.4 Å². The molecule has 0 bridgehead atoms. The molecule has 0 amide bonds. The Morgan fingerprint density at radius 2 is 2.08 bits per heavy atom. The van der Waals surface area contributed by atoms with E-state index < -0.39 is 6.10 Å². The van der Waals surface area contributed by atoms with Crippen LogP contribution in [0.1, 0.15) is 24.2 Å². The zero-order valence-electron chi connectivity index (χ0n) is 14.1. The van der Waals surface area contributed by atoms with Gasteiger partial charge >= 0.3 is 0 Å². The second kappa shape index (κ2) is 8.33. The summed E-state index contributed by atoms with van der Waals surface area (Å²) in [6.07, 6.45) is 3.48. The van der Waals surface area contributed by atoms with E-state index in [9.17, 15) is 5.11 Å². The quantitative estimate of drug-likeness (QED) is 0.725. The number of ether oxygens (including phenoxy) is 2. The standard InChI is InChI=1S/C19H25NO4/c1-22-19-7-3-2-5-15(19)11-20(16-8-9-16)12-17(21)13-23-14-18-6-4-10-24-18/h2-7,10,16-17,21H,8-9,11-14H2,1H3/t17-/m0/s1. The number of hydrogen-bond donors (Lipinski definition) is 1. The number of nitrogens with zero attached hydrogens (tertiary/aromatic N) is 1.